The number of anilines is 1. The quantitative estimate of drug-likeness (QED) is 0.259. The molecule has 1 aliphatic heterocycles. The number of fused-ring (bicyclic) bond motifs is 1. The summed E-state index contributed by atoms with van der Waals surface area (Å²) in [6.07, 6.45) is 1.78. The molecule has 12 heteroatoms. The Bertz CT molecular complexity index is 1510. The number of nitrogens with zero attached hydrogens (tertiary/aromatic N) is 5. The molecule has 2 aromatic heterocycles. The van der Waals surface area contributed by atoms with Gasteiger partial charge in [0.1, 0.15) is 5.82 Å². The van der Waals surface area contributed by atoms with Crippen LogP contribution in [0, 0.1) is 6.92 Å². The summed E-state index contributed by atoms with van der Waals surface area (Å²) in [5.41, 5.74) is 2.48. The van der Waals surface area contributed by atoms with Crippen LogP contribution in [0.4, 0.5) is 5.82 Å². The number of aryl methyl sites for hydroxylation is 1. The second kappa shape index (κ2) is 12.3. The number of carbonyl (C=O) groups is 1. The first kappa shape index (κ1) is 28.0. The monoisotopic (exact) mass is 626 g/mol. The van der Waals surface area contributed by atoms with Crippen molar-refractivity contribution in [3.05, 3.63) is 63.8 Å². The maximum Gasteiger partial charge on any atom is 0.255 e. The van der Waals surface area contributed by atoms with Crippen molar-refractivity contribution in [1.82, 2.24) is 24.9 Å². The van der Waals surface area contributed by atoms with Crippen LogP contribution >= 0.6 is 27.7 Å². The Hall–Kier alpha value is -3.51. The lowest BCUT2D eigenvalue weighted by molar-refractivity contribution is 0.0932. The first-order valence-corrected chi connectivity index (χ1v) is 14.6. The van der Waals surface area contributed by atoms with Crippen molar-refractivity contribution in [3.8, 4) is 17.2 Å². The summed E-state index contributed by atoms with van der Waals surface area (Å²) in [7, 11) is 4.60. The first-order valence-electron chi connectivity index (χ1n) is 12.9. The molecule has 1 amide bonds. The van der Waals surface area contributed by atoms with Crippen LogP contribution in [0.1, 0.15) is 34.5 Å². The maximum absolute atomic E-state index is 13.2. The fourth-order valence-electron chi connectivity index (χ4n) is 4.78. The third-order valence-corrected chi connectivity index (χ3v) is 8.38. The molecule has 0 spiro atoms. The minimum absolute atomic E-state index is 0.0586. The molecule has 1 N–H and O–H groups in total. The lowest BCUT2D eigenvalue weighted by Gasteiger charge is -2.34. The van der Waals surface area contributed by atoms with Gasteiger partial charge in [0.05, 0.1) is 21.3 Å². The molecule has 3 heterocycles. The zero-order valence-corrected chi connectivity index (χ0v) is 25.2. The molecule has 0 bridgehead atoms. The smallest absolute Gasteiger partial charge is 0.255 e. The Balaban J connectivity index is 1.33. The number of benzene rings is 2. The van der Waals surface area contributed by atoms with E-state index in [9.17, 15) is 4.79 Å². The standard InChI is InChI=1S/C28H31BrN6O4S/c1-17-12-24(35-27(30-17)32-28(33-35)40-16-18-8-5-6-10-21(18)29)34-11-7-9-20(15-34)31-26(36)19-13-22(37-2)25(39-4)23(14-19)38-3/h5-6,8,10,12-14,20H,7,9,11,15-16H2,1-4H3,(H,31,36). The molecule has 0 aliphatic carbocycles. The van der Waals surface area contributed by atoms with Crippen molar-refractivity contribution in [2.75, 3.05) is 39.3 Å². The molecule has 2 aromatic carbocycles. The second-order valence-corrected chi connectivity index (χ2v) is 11.2. The third kappa shape index (κ3) is 5.97. The number of thioether (sulfide) groups is 1. The number of rotatable bonds is 9. The molecule has 4 aromatic rings. The van der Waals surface area contributed by atoms with Gasteiger partial charge in [0.25, 0.3) is 11.7 Å². The van der Waals surface area contributed by atoms with Crippen LogP contribution in [-0.4, -0.2) is 65.9 Å². The Morgan fingerprint density at radius 2 is 1.85 bits per heavy atom. The average molecular weight is 628 g/mol. The van der Waals surface area contributed by atoms with E-state index in [2.05, 4.69) is 42.2 Å². The first-order chi connectivity index (χ1) is 19.4. The van der Waals surface area contributed by atoms with Crippen LogP contribution in [0.3, 0.4) is 0 Å². The van der Waals surface area contributed by atoms with Crippen molar-refractivity contribution in [2.45, 2.75) is 36.7 Å². The summed E-state index contributed by atoms with van der Waals surface area (Å²) in [6.45, 7) is 3.43. The zero-order chi connectivity index (χ0) is 28.2. The number of hydrogen-bond donors (Lipinski definition) is 1. The average Bonchev–Trinajstić information content (AvgIpc) is 3.38. The van der Waals surface area contributed by atoms with Crippen LogP contribution in [0.2, 0.25) is 0 Å². The summed E-state index contributed by atoms with van der Waals surface area (Å²) in [4.78, 5) is 24.8. The summed E-state index contributed by atoms with van der Waals surface area (Å²) in [5, 5.41) is 8.63. The number of piperidine rings is 1. The predicted molar refractivity (Wildman–Crippen MR) is 158 cm³/mol. The van der Waals surface area contributed by atoms with Gasteiger partial charge >= 0.3 is 0 Å². The van der Waals surface area contributed by atoms with Crippen molar-refractivity contribution in [3.63, 3.8) is 0 Å². The van der Waals surface area contributed by atoms with Crippen LogP contribution in [0.25, 0.3) is 5.78 Å². The van der Waals surface area contributed by atoms with E-state index in [1.807, 2.05) is 31.2 Å². The molecule has 0 saturated carbocycles. The van der Waals surface area contributed by atoms with Gasteiger partial charge in [0.2, 0.25) is 10.9 Å². The SMILES string of the molecule is COc1cc(C(=O)NC2CCCN(c3cc(C)nc4nc(SCc5ccccc5Br)nn34)C2)cc(OC)c1OC. The molecular formula is C28H31BrN6O4S. The lowest BCUT2D eigenvalue weighted by atomic mass is 10.0. The third-order valence-electron chi connectivity index (χ3n) is 6.72. The summed E-state index contributed by atoms with van der Waals surface area (Å²) in [5.74, 6) is 3.34. The van der Waals surface area contributed by atoms with E-state index in [1.54, 1.807) is 28.4 Å². The van der Waals surface area contributed by atoms with Crippen LogP contribution in [-0.2, 0) is 5.75 Å². The van der Waals surface area contributed by atoms with Gasteiger partial charge in [0, 0.05) is 46.7 Å². The number of amides is 1. The normalized spacial score (nSPS) is 15.2. The highest BCUT2D eigenvalue weighted by atomic mass is 79.9. The van der Waals surface area contributed by atoms with Gasteiger partial charge in [-0.1, -0.05) is 45.9 Å². The highest BCUT2D eigenvalue weighted by Crippen LogP contribution is 2.38. The number of hydrogen-bond acceptors (Lipinski definition) is 9. The van der Waals surface area contributed by atoms with E-state index in [1.165, 1.54) is 26.9 Å². The van der Waals surface area contributed by atoms with Crippen LogP contribution in [0.5, 0.6) is 17.2 Å². The molecular weight excluding hydrogens is 596 g/mol. The predicted octanol–water partition coefficient (Wildman–Crippen LogP) is 4.91. The number of ether oxygens (including phenoxy) is 3. The van der Waals surface area contributed by atoms with Crippen molar-refractivity contribution < 1.29 is 19.0 Å². The topological polar surface area (TPSA) is 103 Å². The summed E-state index contributed by atoms with van der Waals surface area (Å²) in [6, 6.07) is 13.4. The van der Waals surface area contributed by atoms with Gasteiger partial charge in [-0.25, -0.2) is 4.98 Å². The minimum Gasteiger partial charge on any atom is -0.493 e. The highest BCUT2D eigenvalue weighted by molar-refractivity contribution is 9.10. The summed E-state index contributed by atoms with van der Waals surface area (Å²) < 4.78 is 19.1. The van der Waals surface area contributed by atoms with E-state index in [-0.39, 0.29) is 11.9 Å². The minimum atomic E-state index is -0.200. The van der Waals surface area contributed by atoms with Gasteiger partial charge in [-0.2, -0.15) is 9.50 Å². The van der Waals surface area contributed by atoms with Gasteiger partial charge in [0.15, 0.2) is 11.5 Å². The molecule has 10 nitrogen and oxygen atoms in total. The highest BCUT2D eigenvalue weighted by Gasteiger charge is 2.26. The van der Waals surface area contributed by atoms with Crippen molar-refractivity contribution >= 4 is 45.2 Å². The van der Waals surface area contributed by atoms with Crippen molar-refractivity contribution in [1.29, 1.82) is 0 Å². The fraction of sp³-hybridized carbons (Fsp3) is 0.357. The van der Waals surface area contributed by atoms with Crippen LogP contribution in [0.15, 0.2) is 52.1 Å². The van der Waals surface area contributed by atoms with Gasteiger partial charge in [-0.3, -0.25) is 4.79 Å². The van der Waals surface area contributed by atoms with Crippen LogP contribution < -0.4 is 24.4 Å². The Kier molecular flexibility index (Phi) is 8.65. The molecule has 210 valence electrons. The molecule has 40 heavy (non-hydrogen) atoms. The Morgan fingerprint density at radius 3 is 2.55 bits per heavy atom. The van der Waals surface area contributed by atoms with E-state index in [4.69, 9.17) is 19.3 Å². The summed E-state index contributed by atoms with van der Waals surface area (Å²) >= 11 is 5.18. The molecule has 1 saturated heterocycles. The van der Waals surface area contributed by atoms with Gasteiger partial charge < -0.3 is 24.4 Å². The molecule has 1 unspecified atom stereocenters. The second-order valence-electron chi connectivity index (χ2n) is 9.41. The van der Waals surface area contributed by atoms with E-state index in [0.717, 1.165) is 41.1 Å². The number of carbonyl (C=O) groups excluding carboxylic acids is 1. The largest absolute Gasteiger partial charge is 0.493 e. The van der Waals surface area contributed by atoms with Crippen molar-refractivity contribution in [2.24, 2.45) is 0 Å². The molecule has 1 atom stereocenters. The van der Waals surface area contributed by atoms with E-state index >= 15 is 0 Å². The number of halogens is 1. The lowest BCUT2D eigenvalue weighted by Crippen LogP contribution is -2.48. The zero-order valence-electron chi connectivity index (χ0n) is 22.8. The number of nitrogens with one attached hydrogen (secondary N) is 1. The van der Waals surface area contributed by atoms with Gasteiger partial charge in [-0.05, 0) is 43.5 Å². The fourth-order valence-corrected chi connectivity index (χ4v) is 6.21. The maximum atomic E-state index is 13.2. The molecule has 5 rings (SSSR count). The number of aromatic nitrogens is 4. The Morgan fingerprint density at radius 1 is 1.10 bits per heavy atom. The molecule has 0 radical (unpaired) electrons. The van der Waals surface area contributed by atoms with Gasteiger partial charge in [-0.15, -0.1) is 5.10 Å². The molecule has 1 aliphatic rings. The van der Waals surface area contributed by atoms with E-state index in [0.29, 0.717) is 40.3 Å². The Labute approximate surface area is 245 Å². The van der Waals surface area contributed by atoms with E-state index < -0.39 is 0 Å². The number of methoxy groups -OCH3 is 3. The molecule has 1 fully saturated rings.